The molecular formula is C19H15F3N4O3. The molecule has 150 valence electrons. The van der Waals surface area contributed by atoms with E-state index in [0.717, 1.165) is 12.1 Å². The minimum absolute atomic E-state index is 0.168. The predicted molar refractivity (Wildman–Crippen MR) is 97.3 cm³/mol. The monoisotopic (exact) mass is 404 g/mol. The van der Waals surface area contributed by atoms with Crippen molar-refractivity contribution in [3.8, 4) is 0 Å². The van der Waals surface area contributed by atoms with E-state index < -0.39 is 23.6 Å². The SMILES string of the molecule is Cc1oncc1C(=O)NNC(=O)c1ccccc1Nc1ccc(C(F)(F)F)cc1. The number of benzene rings is 2. The lowest BCUT2D eigenvalue weighted by atomic mass is 10.1. The number of rotatable bonds is 4. The number of hydrogen-bond acceptors (Lipinski definition) is 5. The van der Waals surface area contributed by atoms with Gasteiger partial charge >= 0.3 is 6.18 Å². The molecule has 29 heavy (non-hydrogen) atoms. The number of aryl methyl sites for hydroxylation is 1. The highest BCUT2D eigenvalue weighted by Gasteiger charge is 2.30. The van der Waals surface area contributed by atoms with Gasteiger partial charge in [0.2, 0.25) is 0 Å². The summed E-state index contributed by atoms with van der Waals surface area (Å²) in [5.74, 6) is -0.936. The molecule has 0 fully saturated rings. The molecule has 1 aromatic heterocycles. The Hall–Kier alpha value is -3.82. The first kappa shape index (κ1) is 19.9. The van der Waals surface area contributed by atoms with E-state index in [1.165, 1.54) is 24.4 Å². The minimum Gasteiger partial charge on any atom is -0.361 e. The van der Waals surface area contributed by atoms with Gasteiger partial charge in [0.15, 0.2) is 0 Å². The summed E-state index contributed by atoms with van der Waals surface area (Å²) in [4.78, 5) is 24.5. The van der Waals surface area contributed by atoms with Gasteiger partial charge in [0.05, 0.1) is 23.0 Å². The minimum atomic E-state index is -4.43. The Labute approximate surface area is 162 Å². The lowest BCUT2D eigenvalue weighted by Crippen LogP contribution is -2.41. The zero-order valence-corrected chi connectivity index (χ0v) is 15.0. The van der Waals surface area contributed by atoms with Crippen LogP contribution in [0.1, 0.15) is 32.0 Å². The normalized spacial score (nSPS) is 11.0. The number of amides is 2. The van der Waals surface area contributed by atoms with Crippen LogP contribution in [0.5, 0.6) is 0 Å². The summed E-state index contributed by atoms with van der Waals surface area (Å²) in [7, 11) is 0. The molecule has 0 radical (unpaired) electrons. The maximum atomic E-state index is 12.7. The molecule has 2 aromatic carbocycles. The van der Waals surface area contributed by atoms with Crippen LogP contribution in [-0.4, -0.2) is 17.0 Å². The Morgan fingerprint density at radius 2 is 1.55 bits per heavy atom. The van der Waals surface area contributed by atoms with Gasteiger partial charge < -0.3 is 9.84 Å². The fourth-order valence-corrected chi connectivity index (χ4v) is 2.45. The molecule has 0 unspecified atom stereocenters. The van der Waals surface area contributed by atoms with Crippen LogP contribution in [0.25, 0.3) is 0 Å². The van der Waals surface area contributed by atoms with E-state index in [0.29, 0.717) is 17.1 Å². The van der Waals surface area contributed by atoms with Gasteiger partial charge in [0, 0.05) is 5.69 Å². The van der Waals surface area contributed by atoms with Crippen molar-refractivity contribution >= 4 is 23.2 Å². The molecule has 0 spiro atoms. The molecule has 0 aliphatic heterocycles. The second-order valence-electron chi connectivity index (χ2n) is 5.95. The third-order valence-electron chi connectivity index (χ3n) is 3.95. The first-order valence-electron chi connectivity index (χ1n) is 8.31. The predicted octanol–water partition coefficient (Wildman–Crippen LogP) is 3.82. The van der Waals surface area contributed by atoms with Crippen molar-refractivity contribution in [1.82, 2.24) is 16.0 Å². The highest BCUT2D eigenvalue weighted by molar-refractivity contribution is 6.02. The number of hydrazine groups is 1. The number of anilines is 2. The van der Waals surface area contributed by atoms with Gasteiger partial charge in [0.1, 0.15) is 11.3 Å². The van der Waals surface area contributed by atoms with Gasteiger partial charge in [-0.1, -0.05) is 17.3 Å². The number of para-hydroxylation sites is 1. The summed E-state index contributed by atoms with van der Waals surface area (Å²) in [6, 6.07) is 10.7. The van der Waals surface area contributed by atoms with Crippen LogP contribution in [0, 0.1) is 6.92 Å². The van der Waals surface area contributed by atoms with Crippen LogP contribution >= 0.6 is 0 Å². The molecule has 3 rings (SSSR count). The maximum absolute atomic E-state index is 12.7. The lowest BCUT2D eigenvalue weighted by molar-refractivity contribution is -0.137. The fraction of sp³-hybridized carbons (Fsp3) is 0.105. The van der Waals surface area contributed by atoms with E-state index in [9.17, 15) is 22.8 Å². The smallest absolute Gasteiger partial charge is 0.361 e. The second kappa shape index (κ2) is 8.05. The zero-order valence-electron chi connectivity index (χ0n) is 15.0. The van der Waals surface area contributed by atoms with Crippen molar-refractivity contribution in [1.29, 1.82) is 0 Å². The average Bonchev–Trinajstić information content (AvgIpc) is 3.12. The summed E-state index contributed by atoms with van der Waals surface area (Å²) in [6.45, 7) is 1.55. The first-order valence-corrected chi connectivity index (χ1v) is 8.31. The van der Waals surface area contributed by atoms with E-state index in [4.69, 9.17) is 4.52 Å². The number of nitrogens with zero attached hydrogens (tertiary/aromatic N) is 1. The Kier molecular flexibility index (Phi) is 5.53. The van der Waals surface area contributed by atoms with Crippen LogP contribution in [0.2, 0.25) is 0 Å². The molecule has 0 aliphatic carbocycles. The lowest BCUT2D eigenvalue weighted by Gasteiger charge is -2.13. The van der Waals surface area contributed by atoms with E-state index in [1.54, 1.807) is 25.1 Å². The Morgan fingerprint density at radius 1 is 0.931 bits per heavy atom. The molecule has 3 aromatic rings. The van der Waals surface area contributed by atoms with Crippen LogP contribution < -0.4 is 16.2 Å². The van der Waals surface area contributed by atoms with Crippen molar-refractivity contribution in [2.24, 2.45) is 0 Å². The maximum Gasteiger partial charge on any atom is 0.416 e. The molecule has 10 heteroatoms. The number of carbonyl (C=O) groups is 2. The van der Waals surface area contributed by atoms with Gasteiger partial charge in [-0.2, -0.15) is 13.2 Å². The second-order valence-corrected chi connectivity index (χ2v) is 5.95. The van der Waals surface area contributed by atoms with Crippen molar-refractivity contribution in [3.63, 3.8) is 0 Å². The van der Waals surface area contributed by atoms with E-state index in [-0.39, 0.29) is 11.1 Å². The Morgan fingerprint density at radius 3 is 2.14 bits per heavy atom. The molecule has 7 nitrogen and oxygen atoms in total. The molecule has 0 aliphatic rings. The number of aromatic nitrogens is 1. The zero-order chi connectivity index (χ0) is 21.0. The number of alkyl halides is 3. The molecular weight excluding hydrogens is 389 g/mol. The van der Waals surface area contributed by atoms with Crippen LogP contribution in [-0.2, 0) is 6.18 Å². The van der Waals surface area contributed by atoms with Gasteiger partial charge in [-0.25, -0.2) is 0 Å². The number of carbonyl (C=O) groups excluding carboxylic acids is 2. The molecule has 3 N–H and O–H groups in total. The molecule has 0 saturated carbocycles. The number of hydrogen-bond donors (Lipinski definition) is 3. The van der Waals surface area contributed by atoms with Crippen LogP contribution in [0.15, 0.2) is 59.3 Å². The van der Waals surface area contributed by atoms with Gasteiger partial charge in [-0.05, 0) is 43.3 Å². The average molecular weight is 404 g/mol. The molecule has 0 saturated heterocycles. The van der Waals surface area contributed by atoms with E-state index >= 15 is 0 Å². The van der Waals surface area contributed by atoms with Crippen molar-refractivity contribution in [2.75, 3.05) is 5.32 Å². The number of nitrogens with one attached hydrogen (secondary N) is 3. The van der Waals surface area contributed by atoms with Crippen molar-refractivity contribution < 1.29 is 27.3 Å². The molecule has 2 amide bonds. The number of halogens is 3. The molecule has 0 bridgehead atoms. The van der Waals surface area contributed by atoms with Gasteiger partial charge in [-0.15, -0.1) is 0 Å². The standard InChI is InChI=1S/C19H15F3N4O3/c1-11-15(10-23-29-11)18(28)26-25-17(27)14-4-2-3-5-16(14)24-13-8-6-12(7-9-13)19(20,21)22/h2-10,24H,1H3,(H,25,27)(H,26,28). The van der Waals surface area contributed by atoms with Gasteiger partial charge in [-0.3, -0.25) is 20.4 Å². The fourth-order valence-electron chi connectivity index (χ4n) is 2.45. The molecule has 1 heterocycles. The van der Waals surface area contributed by atoms with Gasteiger partial charge in [0.25, 0.3) is 11.8 Å². The topological polar surface area (TPSA) is 96.3 Å². The van der Waals surface area contributed by atoms with E-state index in [2.05, 4.69) is 21.3 Å². The summed E-state index contributed by atoms with van der Waals surface area (Å²) in [5, 5.41) is 6.37. The third-order valence-corrected chi connectivity index (χ3v) is 3.95. The quantitative estimate of drug-likeness (QED) is 0.575. The highest BCUT2D eigenvalue weighted by Crippen LogP contribution is 2.30. The van der Waals surface area contributed by atoms with Crippen molar-refractivity contribution in [3.05, 3.63) is 77.2 Å². The van der Waals surface area contributed by atoms with Crippen molar-refractivity contribution in [2.45, 2.75) is 13.1 Å². The Balaban J connectivity index is 1.70. The molecule has 0 atom stereocenters. The third kappa shape index (κ3) is 4.72. The summed E-state index contributed by atoms with van der Waals surface area (Å²) in [6.07, 6.45) is -3.21. The van der Waals surface area contributed by atoms with E-state index in [1.807, 2.05) is 0 Å². The van der Waals surface area contributed by atoms with Crippen LogP contribution in [0.4, 0.5) is 24.5 Å². The summed E-state index contributed by atoms with van der Waals surface area (Å²) >= 11 is 0. The summed E-state index contributed by atoms with van der Waals surface area (Å²) < 4.78 is 42.8. The largest absolute Gasteiger partial charge is 0.416 e. The Bertz CT molecular complexity index is 1030. The first-order chi connectivity index (χ1) is 13.8. The summed E-state index contributed by atoms with van der Waals surface area (Å²) in [5.41, 5.74) is 4.80. The highest BCUT2D eigenvalue weighted by atomic mass is 19.4. The van der Waals surface area contributed by atoms with Crippen LogP contribution in [0.3, 0.4) is 0 Å².